The Morgan fingerprint density at radius 1 is 1.30 bits per heavy atom. The van der Waals surface area contributed by atoms with E-state index in [1.54, 1.807) is 30.8 Å². The molecule has 3 rings (SSSR count). The number of aromatic nitrogens is 2. The zero-order valence-electron chi connectivity index (χ0n) is 11.0. The molecular weight excluding hydrogens is 294 g/mol. The molecule has 2 heterocycles. The van der Waals surface area contributed by atoms with Gasteiger partial charge >= 0.3 is 0 Å². The Morgan fingerprint density at radius 3 is 2.95 bits per heavy atom. The zero-order valence-corrected chi connectivity index (χ0v) is 12.5. The number of fused-ring (bicyclic) bond motifs is 1. The summed E-state index contributed by atoms with van der Waals surface area (Å²) in [5, 5.41) is 6.94. The van der Waals surface area contributed by atoms with Crippen LogP contribution in [0.2, 0.25) is 5.02 Å². The van der Waals surface area contributed by atoms with Crippen molar-refractivity contribution in [2.24, 2.45) is 0 Å². The molecule has 1 N–H and O–H groups in total. The van der Waals surface area contributed by atoms with E-state index in [1.165, 1.54) is 0 Å². The van der Waals surface area contributed by atoms with E-state index in [-0.39, 0.29) is 0 Å². The van der Waals surface area contributed by atoms with Crippen molar-refractivity contribution in [3.63, 3.8) is 0 Å². The van der Waals surface area contributed by atoms with Gasteiger partial charge in [0.1, 0.15) is 17.0 Å². The maximum absolute atomic E-state index is 6.13. The third kappa shape index (κ3) is 2.19. The molecule has 0 saturated heterocycles. The summed E-state index contributed by atoms with van der Waals surface area (Å²) in [5.74, 6) is 1.36. The Kier molecular flexibility index (Phi) is 3.46. The standard InChI is InChI=1S/C14H12ClN3OS/c1-8-6-20-14-11(8)13(16-7-17-14)18-10-5-3-4-9(15)12(10)19-2/h3-7H,1-2H3,(H,16,17,18). The van der Waals surface area contributed by atoms with Crippen molar-refractivity contribution in [1.29, 1.82) is 0 Å². The molecule has 0 radical (unpaired) electrons. The van der Waals surface area contributed by atoms with Crippen LogP contribution < -0.4 is 10.1 Å². The molecule has 2 aromatic heterocycles. The highest BCUT2D eigenvalue weighted by Gasteiger charge is 2.12. The van der Waals surface area contributed by atoms with Gasteiger partial charge in [0, 0.05) is 0 Å². The second-order valence-electron chi connectivity index (χ2n) is 4.27. The van der Waals surface area contributed by atoms with Crippen molar-refractivity contribution in [2.75, 3.05) is 12.4 Å². The van der Waals surface area contributed by atoms with Crippen molar-refractivity contribution in [3.05, 3.63) is 40.5 Å². The number of hydrogen-bond acceptors (Lipinski definition) is 5. The lowest BCUT2D eigenvalue weighted by Gasteiger charge is -2.12. The second kappa shape index (κ2) is 5.26. The van der Waals surface area contributed by atoms with Crippen molar-refractivity contribution >= 4 is 44.7 Å². The first-order chi connectivity index (χ1) is 9.70. The van der Waals surface area contributed by atoms with Crippen molar-refractivity contribution < 1.29 is 4.74 Å². The van der Waals surface area contributed by atoms with Gasteiger partial charge in [-0.15, -0.1) is 11.3 Å². The summed E-state index contributed by atoms with van der Waals surface area (Å²) in [7, 11) is 1.60. The molecule has 0 fully saturated rings. The fourth-order valence-corrected chi connectivity index (χ4v) is 3.20. The first-order valence-corrected chi connectivity index (χ1v) is 7.25. The van der Waals surface area contributed by atoms with E-state index in [2.05, 4.69) is 20.7 Å². The van der Waals surface area contributed by atoms with E-state index in [0.29, 0.717) is 10.8 Å². The van der Waals surface area contributed by atoms with Gasteiger partial charge in [0.2, 0.25) is 0 Å². The normalized spacial score (nSPS) is 10.8. The predicted molar refractivity (Wildman–Crippen MR) is 83.4 cm³/mol. The van der Waals surface area contributed by atoms with Crippen LogP contribution in [0.15, 0.2) is 29.9 Å². The van der Waals surface area contributed by atoms with Gasteiger partial charge in [-0.3, -0.25) is 0 Å². The molecule has 1 aromatic carbocycles. The number of nitrogens with zero attached hydrogens (tertiary/aromatic N) is 2. The lowest BCUT2D eigenvalue weighted by atomic mass is 10.2. The van der Waals surface area contributed by atoms with E-state index >= 15 is 0 Å². The predicted octanol–water partition coefficient (Wildman–Crippen LogP) is 4.41. The molecule has 0 aliphatic heterocycles. The summed E-state index contributed by atoms with van der Waals surface area (Å²) in [6, 6.07) is 5.56. The van der Waals surface area contributed by atoms with Gasteiger partial charge in [0.25, 0.3) is 0 Å². The lowest BCUT2D eigenvalue weighted by Crippen LogP contribution is -1.98. The first-order valence-electron chi connectivity index (χ1n) is 5.99. The Morgan fingerprint density at radius 2 is 2.15 bits per heavy atom. The summed E-state index contributed by atoms with van der Waals surface area (Å²) in [6.07, 6.45) is 1.55. The van der Waals surface area contributed by atoms with Crippen molar-refractivity contribution in [2.45, 2.75) is 6.92 Å². The number of hydrogen-bond donors (Lipinski definition) is 1. The first kappa shape index (κ1) is 13.1. The molecule has 102 valence electrons. The van der Waals surface area contributed by atoms with Gasteiger partial charge in [-0.2, -0.15) is 0 Å². The number of benzene rings is 1. The third-order valence-electron chi connectivity index (χ3n) is 2.98. The topological polar surface area (TPSA) is 47.0 Å². The summed E-state index contributed by atoms with van der Waals surface area (Å²) in [5.41, 5.74) is 1.93. The molecular formula is C14H12ClN3OS. The van der Waals surface area contributed by atoms with E-state index in [4.69, 9.17) is 16.3 Å². The monoisotopic (exact) mass is 305 g/mol. The average molecular weight is 306 g/mol. The van der Waals surface area contributed by atoms with E-state index < -0.39 is 0 Å². The number of anilines is 2. The highest BCUT2D eigenvalue weighted by atomic mass is 35.5. The number of nitrogens with one attached hydrogen (secondary N) is 1. The third-order valence-corrected chi connectivity index (χ3v) is 4.28. The Hall–Kier alpha value is -1.85. The van der Waals surface area contributed by atoms with Crippen LogP contribution in [0.4, 0.5) is 11.5 Å². The van der Waals surface area contributed by atoms with Crippen molar-refractivity contribution in [1.82, 2.24) is 9.97 Å². The van der Waals surface area contributed by atoms with Gasteiger partial charge in [-0.25, -0.2) is 9.97 Å². The molecule has 6 heteroatoms. The van der Waals surface area contributed by atoms with E-state index in [1.807, 2.05) is 19.1 Å². The van der Waals surface area contributed by atoms with E-state index in [9.17, 15) is 0 Å². The number of halogens is 1. The Labute approximate surface area is 125 Å². The molecule has 0 saturated carbocycles. The van der Waals surface area contributed by atoms with Crippen LogP contribution in [0.1, 0.15) is 5.56 Å². The highest BCUT2D eigenvalue weighted by Crippen LogP contribution is 2.36. The average Bonchev–Trinajstić information content (AvgIpc) is 2.82. The number of rotatable bonds is 3. The molecule has 0 amide bonds. The highest BCUT2D eigenvalue weighted by molar-refractivity contribution is 7.17. The van der Waals surface area contributed by atoms with Crippen LogP contribution in [-0.4, -0.2) is 17.1 Å². The number of thiophene rings is 1. The van der Waals surface area contributed by atoms with Gasteiger partial charge in [0.05, 0.1) is 23.2 Å². The van der Waals surface area contributed by atoms with E-state index in [0.717, 1.165) is 27.3 Å². The minimum Gasteiger partial charge on any atom is -0.493 e. The van der Waals surface area contributed by atoms with Crippen LogP contribution in [0, 0.1) is 6.92 Å². The molecule has 3 aromatic rings. The van der Waals surface area contributed by atoms with Crippen LogP contribution >= 0.6 is 22.9 Å². The minimum absolute atomic E-state index is 0.560. The quantitative estimate of drug-likeness (QED) is 0.779. The number of ether oxygens (including phenoxy) is 1. The largest absolute Gasteiger partial charge is 0.493 e. The maximum atomic E-state index is 6.13. The number of para-hydroxylation sites is 1. The van der Waals surface area contributed by atoms with Crippen molar-refractivity contribution in [3.8, 4) is 5.75 Å². The molecule has 4 nitrogen and oxygen atoms in total. The molecule has 20 heavy (non-hydrogen) atoms. The Balaban J connectivity index is 2.10. The summed E-state index contributed by atoms with van der Waals surface area (Å²) >= 11 is 7.73. The molecule has 0 bridgehead atoms. The number of aryl methyl sites for hydroxylation is 1. The molecule has 0 spiro atoms. The second-order valence-corrected chi connectivity index (χ2v) is 5.53. The SMILES string of the molecule is COc1c(Cl)cccc1Nc1ncnc2scc(C)c12. The van der Waals surface area contributed by atoms with Gasteiger partial charge in [-0.05, 0) is 30.0 Å². The summed E-state index contributed by atoms with van der Waals surface area (Å²) in [6.45, 7) is 2.04. The van der Waals surface area contributed by atoms with Gasteiger partial charge in [-0.1, -0.05) is 17.7 Å². The molecule has 0 aliphatic rings. The van der Waals surface area contributed by atoms with Crippen LogP contribution in [0.5, 0.6) is 5.75 Å². The molecule has 0 unspecified atom stereocenters. The smallest absolute Gasteiger partial charge is 0.160 e. The maximum Gasteiger partial charge on any atom is 0.160 e. The van der Waals surface area contributed by atoms with Crippen LogP contribution in [-0.2, 0) is 0 Å². The molecule has 0 atom stereocenters. The fraction of sp³-hybridized carbons (Fsp3) is 0.143. The Bertz CT molecular complexity index is 772. The minimum atomic E-state index is 0.560. The van der Waals surface area contributed by atoms with Crippen LogP contribution in [0.3, 0.4) is 0 Å². The lowest BCUT2D eigenvalue weighted by molar-refractivity contribution is 0.417. The fourth-order valence-electron chi connectivity index (χ4n) is 2.05. The van der Waals surface area contributed by atoms with Crippen LogP contribution in [0.25, 0.3) is 10.2 Å². The van der Waals surface area contributed by atoms with Gasteiger partial charge in [0.15, 0.2) is 5.75 Å². The zero-order chi connectivity index (χ0) is 14.1. The summed E-state index contributed by atoms with van der Waals surface area (Å²) < 4.78 is 5.34. The van der Waals surface area contributed by atoms with Gasteiger partial charge < -0.3 is 10.1 Å². The number of methoxy groups -OCH3 is 1. The molecule has 0 aliphatic carbocycles. The summed E-state index contributed by atoms with van der Waals surface area (Å²) in [4.78, 5) is 9.56.